The number of aromatic nitrogens is 1. The molecule has 0 bridgehead atoms. The minimum atomic E-state index is -3.02. The summed E-state index contributed by atoms with van der Waals surface area (Å²) in [6, 6.07) is 2.53. The highest BCUT2D eigenvalue weighted by Gasteiger charge is 2.25. The number of carboxylic acids is 1. The molecule has 1 saturated heterocycles. The standard InChI is InChI=1S/C12H10F2N2O4/c13-11(14)19-7-3-2-6(10(17)18)9-8(7)15-12(20-9)16-4-1-5-16/h2-3,11H,1,4-5H2,(H,17,18). The van der Waals surface area contributed by atoms with Gasteiger partial charge in [-0.3, -0.25) is 0 Å². The molecule has 20 heavy (non-hydrogen) atoms. The maximum atomic E-state index is 12.3. The molecule has 1 fully saturated rings. The fraction of sp³-hybridized carbons (Fsp3) is 0.333. The Hall–Kier alpha value is -2.38. The molecule has 2 aromatic rings. The third-order valence-corrected chi connectivity index (χ3v) is 3.07. The third kappa shape index (κ3) is 2.02. The highest BCUT2D eigenvalue weighted by atomic mass is 19.3. The number of fused-ring (bicyclic) bond motifs is 1. The predicted octanol–water partition coefficient (Wildman–Crippen LogP) is 2.34. The van der Waals surface area contributed by atoms with Crippen LogP contribution in [0.3, 0.4) is 0 Å². The van der Waals surface area contributed by atoms with Gasteiger partial charge in [-0.1, -0.05) is 0 Å². The molecule has 1 aromatic carbocycles. The monoisotopic (exact) mass is 284 g/mol. The normalized spacial score (nSPS) is 14.7. The van der Waals surface area contributed by atoms with Crippen molar-refractivity contribution >= 4 is 23.1 Å². The van der Waals surface area contributed by atoms with E-state index in [2.05, 4.69) is 9.72 Å². The number of rotatable bonds is 4. The Morgan fingerprint density at radius 2 is 2.20 bits per heavy atom. The molecule has 6 nitrogen and oxygen atoms in total. The van der Waals surface area contributed by atoms with Gasteiger partial charge in [-0.2, -0.15) is 13.8 Å². The second-order valence-electron chi connectivity index (χ2n) is 4.31. The van der Waals surface area contributed by atoms with E-state index in [4.69, 9.17) is 9.52 Å². The molecule has 0 unspecified atom stereocenters. The number of hydrogen-bond acceptors (Lipinski definition) is 5. The quantitative estimate of drug-likeness (QED) is 0.928. The lowest BCUT2D eigenvalue weighted by Crippen LogP contribution is -2.37. The number of carbonyl (C=O) groups is 1. The van der Waals surface area contributed by atoms with Crippen molar-refractivity contribution in [3.8, 4) is 5.75 Å². The molecule has 0 saturated carbocycles. The van der Waals surface area contributed by atoms with E-state index in [0.717, 1.165) is 31.6 Å². The van der Waals surface area contributed by atoms with Crippen LogP contribution in [0.5, 0.6) is 5.75 Å². The summed E-state index contributed by atoms with van der Waals surface area (Å²) in [5.74, 6) is -1.42. The lowest BCUT2D eigenvalue weighted by molar-refractivity contribution is -0.0489. The lowest BCUT2D eigenvalue weighted by Gasteiger charge is -2.28. The fourth-order valence-electron chi connectivity index (χ4n) is 1.97. The molecule has 0 radical (unpaired) electrons. The molecule has 0 spiro atoms. The molecule has 0 atom stereocenters. The average molecular weight is 284 g/mol. The smallest absolute Gasteiger partial charge is 0.387 e. The molecule has 2 heterocycles. The molecule has 3 rings (SSSR count). The van der Waals surface area contributed by atoms with E-state index in [1.165, 1.54) is 0 Å². The molecular weight excluding hydrogens is 274 g/mol. The highest BCUT2D eigenvalue weighted by Crippen LogP contribution is 2.34. The van der Waals surface area contributed by atoms with Crippen LogP contribution in [0.2, 0.25) is 0 Å². The van der Waals surface area contributed by atoms with Crippen molar-refractivity contribution < 1.29 is 27.8 Å². The molecule has 8 heteroatoms. The second-order valence-corrected chi connectivity index (χ2v) is 4.31. The summed E-state index contributed by atoms with van der Waals surface area (Å²) >= 11 is 0. The average Bonchev–Trinajstić information content (AvgIpc) is 2.70. The van der Waals surface area contributed by atoms with Gasteiger partial charge in [0, 0.05) is 13.1 Å². The first kappa shape index (κ1) is 12.6. The van der Waals surface area contributed by atoms with Crippen molar-refractivity contribution in [3.05, 3.63) is 17.7 Å². The van der Waals surface area contributed by atoms with Gasteiger partial charge in [-0.05, 0) is 18.6 Å². The van der Waals surface area contributed by atoms with Crippen molar-refractivity contribution in [3.63, 3.8) is 0 Å². The van der Waals surface area contributed by atoms with Gasteiger partial charge in [0.25, 0.3) is 6.01 Å². The van der Waals surface area contributed by atoms with Crippen LogP contribution >= 0.6 is 0 Å². The maximum absolute atomic E-state index is 12.3. The van der Waals surface area contributed by atoms with Gasteiger partial charge in [0.15, 0.2) is 16.8 Å². The summed E-state index contributed by atoms with van der Waals surface area (Å²) < 4.78 is 34.4. The number of ether oxygens (including phenoxy) is 1. The van der Waals surface area contributed by atoms with E-state index >= 15 is 0 Å². The Balaban J connectivity index is 2.14. The molecule has 0 amide bonds. The fourth-order valence-corrected chi connectivity index (χ4v) is 1.97. The van der Waals surface area contributed by atoms with E-state index in [0.29, 0.717) is 0 Å². The Morgan fingerprint density at radius 3 is 2.75 bits per heavy atom. The zero-order chi connectivity index (χ0) is 14.3. The Kier molecular flexibility index (Phi) is 2.92. The number of carboxylic acid groups (broad SMARTS) is 1. The van der Waals surface area contributed by atoms with Crippen molar-refractivity contribution in [2.24, 2.45) is 0 Å². The first-order chi connectivity index (χ1) is 9.56. The molecular formula is C12H10F2N2O4. The minimum Gasteiger partial charge on any atom is -0.478 e. The van der Waals surface area contributed by atoms with Crippen LogP contribution in [0, 0.1) is 0 Å². The number of halogens is 2. The van der Waals surface area contributed by atoms with E-state index in [1.54, 1.807) is 4.90 Å². The van der Waals surface area contributed by atoms with Crippen LogP contribution in [0.25, 0.3) is 11.1 Å². The Labute approximate surface area is 111 Å². The van der Waals surface area contributed by atoms with E-state index in [-0.39, 0.29) is 28.4 Å². The molecule has 106 valence electrons. The zero-order valence-corrected chi connectivity index (χ0v) is 10.2. The molecule has 1 aromatic heterocycles. The lowest BCUT2D eigenvalue weighted by atomic mass is 10.2. The summed E-state index contributed by atoms with van der Waals surface area (Å²) in [5, 5.41) is 9.08. The van der Waals surface area contributed by atoms with Crippen LogP contribution in [0.15, 0.2) is 16.5 Å². The number of hydrogen-bond donors (Lipinski definition) is 1. The minimum absolute atomic E-state index is 0.00731. The number of oxazole rings is 1. The maximum Gasteiger partial charge on any atom is 0.387 e. The number of anilines is 1. The van der Waals surface area contributed by atoms with Crippen molar-refractivity contribution in [2.75, 3.05) is 18.0 Å². The Morgan fingerprint density at radius 1 is 1.45 bits per heavy atom. The number of alkyl halides is 2. The van der Waals surface area contributed by atoms with Crippen LogP contribution in [0.4, 0.5) is 14.8 Å². The first-order valence-electron chi connectivity index (χ1n) is 5.93. The SMILES string of the molecule is O=C(O)c1ccc(OC(F)F)c2nc(N3CCC3)oc12. The van der Waals surface area contributed by atoms with Gasteiger partial charge in [0.1, 0.15) is 5.56 Å². The zero-order valence-electron chi connectivity index (χ0n) is 10.2. The van der Waals surface area contributed by atoms with Gasteiger partial charge in [0.05, 0.1) is 0 Å². The van der Waals surface area contributed by atoms with Crippen molar-refractivity contribution in [2.45, 2.75) is 13.0 Å². The number of nitrogens with zero attached hydrogens (tertiary/aromatic N) is 2. The Bertz CT molecular complexity index is 667. The predicted molar refractivity (Wildman–Crippen MR) is 64.4 cm³/mol. The van der Waals surface area contributed by atoms with Crippen molar-refractivity contribution in [1.29, 1.82) is 0 Å². The summed E-state index contributed by atoms with van der Waals surface area (Å²) in [6.07, 6.45) is 0.977. The summed E-state index contributed by atoms with van der Waals surface area (Å²) in [6.45, 7) is -1.54. The van der Waals surface area contributed by atoms with Crippen LogP contribution in [-0.4, -0.2) is 35.8 Å². The number of aromatic carboxylic acids is 1. The molecule has 1 aliphatic rings. The van der Waals surface area contributed by atoms with Gasteiger partial charge in [-0.15, -0.1) is 0 Å². The van der Waals surface area contributed by atoms with Crippen LogP contribution in [0.1, 0.15) is 16.8 Å². The summed E-state index contributed by atoms with van der Waals surface area (Å²) in [5.41, 5.74) is -0.203. The molecule has 1 N–H and O–H groups in total. The third-order valence-electron chi connectivity index (χ3n) is 3.07. The van der Waals surface area contributed by atoms with E-state index < -0.39 is 12.6 Å². The van der Waals surface area contributed by atoms with Gasteiger partial charge >= 0.3 is 12.6 Å². The number of benzene rings is 1. The van der Waals surface area contributed by atoms with Crippen LogP contribution in [-0.2, 0) is 0 Å². The molecule has 1 aliphatic heterocycles. The first-order valence-corrected chi connectivity index (χ1v) is 5.93. The van der Waals surface area contributed by atoms with Gasteiger partial charge in [0.2, 0.25) is 0 Å². The summed E-state index contributed by atoms with van der Waals surface area (Å²) in [7, 11) is 0. The summed E-state index contributed by atoms with van der Waals surface area (Å²) in [4.78, 5) is 17.0. The van der Waals surface area contributed by atoms with E-state index in [1.807, 2.05) is 0 Å². The second kappa shape index (κ2) is 4.62. The highest BCUT2D eigenvalue weighted by molar-refractivity contribution is 6.02. The van der Waals surface area contributed by atoms with Crippen LogP contribution < -0.4 is 9.64 Å². The van der Waals surface area contributed by atoms with E-state index in [9.17, 15) is 13.6 Å². The topological polar surface area (TPSA) is 75.8 Å². The largest absolute Gasteiger partial charge is 0.478 e. The molecule has 0 aliphatic carbocycles. The van der Waals surface area contributed by atoms with Gasteiger partial charge in [-0.25, -0.2) is 4.79 Å². The van der Waals surface area contributed by atoms with Crippen molar-refractivity contribution in [1.82, 2.24) is 4.98 Å². The van der Waals surface area contributed by atoms with Gasteiger partial charge < -0.3 is 19.2 Å².